The standard InChI is InChI=1S/C21H34N4O3/c1-16-18(17(2)28-22-16)15-24-12-5-9-21(11-14-24)10-6-13-25(21)20(27)8-7-19(26)23(3)4/h5-15H2,1-4H3/t21-/m1/s1. The third-order valence-electron chi connectivity index (χ3n) is 6.52. The molecule has 0 bridgehead atoms. The van der Waals surface area contributed by atoms with Crippen molar-refractivity contribution >= 4 is 11.8 Å². The number of nitrogens with zero attached hydrogens (tertiary/aromatic N) is 4. The van der Waals surface area contributed by atoms with E-state index in [1.165, 1.54) is 5.56 Å². The van der Waals surface area contributed by atoms with Crippen LogP contribution in [0.25, 0.3) is 0 Å². The molecule has 1 aromatic heterocycles. The number of hydrogen-bond donors (Lipinski definition) is 0. The Morgan fingerprint density at radius 1 is 1.07 bits per heavy atom. The van der Waals surface area contributed by atoms with E-state index < -0.39 is 0 Å². The molecule has 3 rings (SSSR count). The van der Waals surface area contributed by atoms with Gasteiger partial charge in [-0.15, -0.1) is 0 Å². The molecule has 0 aliphatic carbocycles. The molecule has 2 saturated heterocycles. The molecule has 0 radical (unpaired) electrons. The van der Waals surface area contributed by atoms with Crippen LogP contribution in [0.2, 0.25) is 0 Å². The zero-order chi connectivity index (χ0) is 20.3. The van der Waals surface area contributed by atoms with Gasteiger partial charge in [-0.05, 0) is 52.5 Å². The molecule has 2 amide bonds. The number of carbonyl (C=O) groups is 2. The molecular formula is C21H34N4O3. The zero-order valence-electron chi connectivity index (χ0n) is 17.8. The summed E-state index contributed by atoms with van der Waals surface area (Å²) in [4.78, 5) is 30.9. The minimum Gasteiger partial charge on any atom is -0.361 e. The van der Waals surface area contributed by atoms with Gasteiger partial charge in [-0.2, -0.15) is 0 Å². The number of aryl methyl sites for hydroxylation is 2. The fraction of sp³-hybridized carbons (Fsp3) is 0.762. The van der Waals surface area contributed by atoms with Crippen LogP contribution in [0.15, 0.2) is 4.52 Å². The lowest BCUT2D eigenvalue weighted by atomic mass is 9.87. The van der Waals surface area contributed by atoms with Crippen LogP contribution < -0.4 is 0 Å². The lowest BCUT2D eigenvalue weighted by Gasteiger charge is -2.38. The molecule has 0 unspecified atom stereocenters. The average molecular weight is 391 g/mol. The summed E-state index contributed by atoms with van der Waals surface area (Å²) in [5, 5.41) is 4.07. The molecular weight excluding hydrogens is 356 g/mol. The molecule has 0 N–H and O–H groups in total. The number of carbonyl (C=O) groups excluding carboxylic acids is 2. The minimum atomic E-state index is -0.0221. The van der Waals surface area contributed by atoms with Crippen LogP contribution in [0.4, 0.5) is 0 Å². The van der Waals surface area contributed by atoms with Crippen LogP contribution in [0.1, 0.15) is 62.0 Å². The van der Waals surface area contributed by atoms with Gasteiger partial charge in [0.25, 0.3) is 0 Å². The van der Waals surface area contributed by atoms with Gasteiger partial charge in [0.1, 0.15) is 5.76 Å². The van der Waals surface area contributed by atoms with E-state index in [-0.39, 0.29) is 17.4 Å². The Morgan fingerprint density at radius 2 is 1.79 bits per heavy atom. The van der Waals surface area contributed by atoms with Gasteiger partial charge < -0.3 is 14.3 Å². The van der Waals surface area contributed by atoms with Crippen molar-refractivity contribution in [1.82, 2.24) is 19.9 Å². The van der Waals surface area contributed by atoms with Gasteiger partial charge in [0.05, 0.1) is 5.69 Å². The lowest BCUT2D eigenvalue weighted by Crippen LogP contribution is -2.48. The highest BCUT2D eigenvalue weighted by Gasteiger charge is 2.43. The summed E-state index contributed by atoms with van der Waals surface area (Å²) in [5.41, 5.74) is 2.14. The summed E-state index contributed by atoms with van der Waals surface area (Å²) in [5.74, 6) is 1.07. The van der Waals surface area contributed by atoms with Gasteiger partial charge in [0.15, 0.2) is 0 Å². The van der Waals surface area contributed by atoms with E-state index in [2.05, 4.69) is 15.0 Å². The number of amides is 2. The highest BCUT2D eigenvalue weighted by atomic mass is 16.5. The molecule has 2 aliphatic rings. The second-order valence-electron chi connectivity index (χ2n) is 8.59. The number of aromatic nitrogens is 1. The fourth-order valence-corrected chi connectivity index (χ4v) is 4.76. The smallest absolute Gasteiger partial charge is 0.223 e. The first-order valence-corrected chi connectivity index (χ1v) is 10.5. The zero-order valence-corrected chi connectivity index (χ0v) is 17.8. The van der Waals surface area contributed by atoms with Crippen LogP contribution in [0.3, 0.4) is 0 Å². The number of likely N-dealkylation sites (tertiary alicyclic amines) is 2. The van der Waals surface area contributed by atoms with Gasteiger partial charge >= 0.3 is 0 Å². The highest BCUT2D eigenvalue weighted by molar-refractivity contribution is 5.84. The monoisotopic (exact) mass is 390 g/mol. The van der Waals surface area contributed by atoms with E-state index >= 15 is 0 Å². The van der Waals surface area contributed by atoms with Crippen molar-refractivity contribution in [2.75, 3.05) is 33.7 Å². The van der Waals surface area contributed by atoms with Crippen LogP contribution in [0, 0.1) is 13.8 Å². The maximum atomic E-state index is 12.9. The summed E-state index contributed by atoms with van der Waals surface area (Å²) in [6.07, 6.45) is 5.92. The average Bonchev–Trinajstić information content (AvgIpc) is 3.13. The van der Waals surface area contributed by atoms with Gasteiger partial charge in [-0.3, -0.25) is 14.5 Å². The molecule has 7 heteroatoms. The molecule has 0 saturated carbocycles. The predicted octanol–water partition coefficient (Wildman–Crippen LogP) is 2.51. The Kier molecular flexibility index (Phi) is 6.43. The first kappa shape index (κ1) is 20.8. The lowest BCUT2D eigenvalue weighted by molar-refractivity contribution is -0.139. The van der Waals surface area contributed by atoms with Crippen LogP contribution in [-0.4, -0.2) is 70.9 Å². The summed E-state index contributed by atoms with van der Waals surface area (Å²) >= 11 is 0. The molecule has 1 spiro atoms. The van der Waals surface area contributed by atoms with Crippen molar-refractivity contribution in [3.05, 3.63) is 17.0 Å². The number of hydrogen-bond acceptors (Lipinski definition) is 5. The van der Waals surface area contributed by atoms with Crippen LogP contribution in [-0.2, 0) is 16.1 Å². The molecule has 28 heavy (non-hydrogen) atoms. The van der Waals surface area contributed by atoms with E-state index in [9.17, 15) is 9.59 Å². The molecule has 0 aromatic carbocycles. The molecule has 3 heterocycles. The molecule has 2 aliphatic heterocycles. The van der Waals surface area contributed by atoms with E-state index in [1.54, 1.807) is 19.0 Å². The van der Waals surface area contributed by atoms with Gasteiger partial charge in [0, 0.05) is 57.7 Å². The Balaban J connectivity index is 1.62. The van der Waals surface area contributed by atoms with Crippen molar-refractivity contribution < 1.29 is 14.1 Å². The normalized spacial score (nSPS) is 23.2. The molecule has 2 fully saturated rings. The second kappa shape index (κ2) is 8.64. The van der Waals surface area contributed by atoms with Gasteiger partial charge in [-0.1, -0.05) is 5.16 Å². The van der Waals surface area contributed by atoms with Crippen LogP contribution >= 0.6 is 0 Å². The summed E-state index contributed by atoms with van der Waals surface area (Å²) in [6, 6.07) is 0. The Bertz CT molecular complexity index is 695. The molecule has 7 nitrogen and oxygen atoms in total. The van der Waals surface area contributed by atoms with E-state index in [0.717, 1.165) is 69.7 Å². The third kappa shape index (κ3) is 4.40. The maximum absolute atomic E-state index is 12.9. The Labute approximate surface area is 168 Å². The molecule has 156 valence electrons. The molecule has 1 aromatic rings. The number of rotatable bonds is 5. The van der Waals surface area contributed by atoms with Crippen molar-refractivity contribution in [1.29, 1.82) is 0 Å². The maximum Gasteiger partial charge on any atom is 0.223 e. The molecule has 1 atom stereocenters. The Morgan fingerprint density at radius 3 is 2.43 bits per heavy atom. The summed E-state index contributed by atoms with van der Waals surface area (Å²) in [6.45, 7) is 7.68. The third-order valence-corrected chi connectivity index (χ3v) is 6.52. The van der Waals surface area contributed by atoms with Crippen LogP contribution in [0.5, 0.6) is 0 Å². The SMILES string of the molecule is Cc1noc(C)c1CN1CCC[C@@]2(CCCN2C(=O)CCC(=O)N(C)C)CC1. The Hall–Kier alpha value is -1.89. The largest absolute Gasteiger partial charge is 0.361 e. The van der Waals surface area contributed by atoms with E-state index in [0.29, 0.717) is 12.8 Å². The van der Waals surface area contributed by atoms with Gasteiger partial charge in [0.2, 0.25) is 11.8 Å². The predicted molar refractivity (Wildman–Crippen MR) is 107 cm³/mol. The topological polar surface area (TPSA) is 69.9 Å². The van der Waals surface area contributed by atoms with Gasteiger partial charge in [-0.25, -0.2) is 0 Å². The first-order chi connectivity index (χ1) is 13.3. The van der Waals surface area contributed by atoms with Crippen molar-refractivity contribution in [2.45, 2.75) is 70.9 Å². The highest BCUT2D eigenvalue weighted by Crippen LogP contribution is 2.39. The quantitative estimate of drug-likeness (QED) is 0.773. The van der Waals surface area contributed by atoms with Crippen molar-refractivity contribution in [3.63, 3.8) is 0 Å². The minimum absolute atomic E-state index is 0.0214. The van der Waals surface area contributed by atoms with E-state index in [1.807, 2.05) is 13.8 Å². The van der Waals surface area contributed by atoms with E-state index in [4.69, 9.17) is 4.52 Å². The summed E-state index contributed by atoms with van der Waals surface area (Å²) < 4.78 is 5.31. The van der Waals surface area contributed by atoms with Crippen molar-refractivity contribution in [2.24, 2.45) is 0 Å². The second-order valence-corrected chi connectivity index (χ2v) is 8.59. The first-order valence-electron chi connectivity index (χ1n) is 10.5. The summed E-state index contributed by atoms with van der Waals surface area (Å²) in [7, 11) is 3.48. The van der Waals surface area contributed by atoms with Crippen molar-refractivity contribution in [3.8, 4) is 0 Å². The fourth-order valence-electron chi connectivity index (χ4n) is 4.76.